The minimum absolute atomic E-state index is 0.177. The van der Waals surface area contributed by atoms with Crippen LogP contribution >= 0.6 is 11.3 Å². The molecule has 7 heteroatoms. The van der Waals surface area contributed by atoms with Crippen LogP contribution < -0.4 is 15.4 Å². The fourth-order valence-corrected chi connectivity index (χ4v) is 3.54. The molecule has 2 N–H and O–H groups in total. The molecule has 0 spiro atoms. The lowest BCUT2D eigenvalue weighted by Crippen LogP contribution is -2.34. The molecule has 1 aromatic heterocycles. The highest BCUT2D eigenvalue weighted by Gasteiger charge is 2.24. The summed E-state index contributed by atoms with van der Waals surface area (Å²) in [5, 5.41) is 8.05. The molecule has 6 nitrogen and oxygen atoms in total. The van der Waals surface area contributed by atoms with Gasteiger partial charge in [-0.1, -0.05) is 18.2 Å². The van der Waals surface area contributed by atoms with Gasteiger partial charge in [0.25, 0.3) is 11.8 Å². The number of ether oxygens (including phenoxy) is 1. The topological polar surface area (TPSA) is 80.3 Å². The zero-order chi connectivity index (χ0) is 19.0. The van der Waals surface area contributed by atoms with E-state index in [4.69, 9.17) is 4.74 Å². The predicted molar refractivity (Wildman–Crippen MR) is 105 cm³/mol. The zero-order valence-electron chi connectivity index (χ0n) is 14.8. The molecule has 1 aliphatic rings. The first-order valence-corrected chi connectivity index (χ1v) is 9.33. The first-order valence-electron chi connectivity index (χ1n) is 8.46. The molecule has 136 valence electrons. The van der Waals surface area contributed by atoms with Crippen LogP contribution in [0.3, 0.4) is 0 Å². The van der Waals surface area contributed by atoms with Gasteiger partial charge in [0.2, 0.25) is 0 Å². The van der Waals surface area contributed by atoms with Crippen molar-refractivity contribution in [2.75, 3.05) is 10.6 Å². The highest BCUT2D eigenvalue weighted by Crippen LogP contribution is 2.35. The molecule has 0 saturated carbocycles. The number of benzene rings is 2. The number of rotatable bonds is 3. The van der Waals surface area contributed by atoms with Gasteiger partial charge in [-0.05, 0) is 43.7 Å². The van der Waals surface area contributed by atoms with Gasteiger partial charge in [-0.15, -0.1) is 11.3 Å². The fourth-order valence-electron chi connectivity index (χ4n) is 2.82. The van der Waals surface area contributed by atoms with Gasteiger partial charge in [0.05, 0.1) is 11.4 Å². The van der Waals surface area contributed by atoms with E-state index in [1.54, 1.807) is 13.0 Å². The van der Waals surface area contributed by atoms with Gasteiger partial charge >= 0.3 is 0 Å². The summed E-state index contributed by atoms with van der Waals surface area (Å²) in [6.45, 7) is 3.60. The SMILES string of the molecule is Cc1ccccc1C(=O)Nc1nc(-c2ccc3c(c2)NC(=O)C(C)O3)cs1. The van der Waals surface area contributed by atoms with E-state index in [0.29, 0.717) is 22.1 Å². The van der Waals surface area contributed by atoms with Crippen molar-refractivity contribution >= 4 is 34.0 Å². The smallest absolute Gasteiger partial charge is 0.265 e. The number of aromatic nitrogens is 1. The van der Waals surface area contributed by atoms with Gasteiger partial charge in [0, 0.05) is 16.5 Å². The van der Waals surface area contributed by atoms with Crippen LogP contribution in [0.1, 0.15) is 22.8 Å². The van der Waals surface area contributed by atoms with E-state index >= 15 is 0 Å². The summed E-state index contributed by atoms with van der Waals surface area (Å²) in [5.41, 5.74) is 3.70. The molecule has 0 bridgehead atoms. The van der Waals surface area contributed by atoms with Gasteiger partial charge in [-0.2, -0.15) is 0 Å². The summed E-state index contributed by atoms with van der Waals surface area (Å²) >= 11 is 1.35. The fraction of sp³-hybridized carbons (Fsp3) is 0.150. The molecule has 0 fully saturated rings. The summed E-state index contributed by atoms with van der Waals surface area (Å²) in [6, 6.07) is 12.9. The molecule has 0 saturated heterocycles. The average Bonchev–Trinajstić information content (AvgIpc) is 3.11. The number of carbonyl (C=O) groups excluding carboxylic acids is 2. The highest BCUT2D eigenvalue weighted by atomic mass is 32.1. The second-order valence-corrected chi connectivity index (χ2v) is 7.13. The summed E-state index contributed by atoms with van der Waals surface area (Å²) in [6.07, 6.45) is -0.508. The van der Waals surface area contributed by atoms with E-state index in [-0.39, 0.29) is 11.8 Å². The molecule has 1 atom stereocenters. The summed E-state index contributed by atoms with van der Waals surface area (Å²) < 4.78 is 5.57. The lowest BCUT2D eigenvalue weighted by molar-refractivity contribution is -0.122. The Morgan fingerprint density at radius 1 is 1.26 bits per heavy atom. The van der Waals surface area contributed by atoms with E-state index < -0.39 is 6.10 Å². The van der Waals surface area contributed by atoms with Crippen molar-refractivity contribution in [3.8, 4) is 17.0 Å². The number of nitrogens with zero attached hydrogens (tertiary/aromatic N) is 1. The molecular formula is C20H17N3O3S. The second kappa shape index (κ2) is 6.85. The van der Waals surface area contributed by atoms with Crippen LogP contribution in [0.2, 0.25) is 0 Å². The number of anilines is 2. The Bertz CT molecular complexity index is 1040. The molecule has 3 aromatic rings. The van der Waals surface area contributed by atoms with Gasteiger partial charge in [-0.3, -0.25) is 14.9 Å². The quantitative estimate of drug-likeness (QED) is 0.718. The van der Waals surface area contributed by atoms with E-state index in [0.717, 1.165) is 16.8 Å². The number of hydrogen-bond acceptors (Lipinski definition) is 5. The third kappa shape index (κ3) is 3.41. The minimum atomic E-state index is -0.508. The standard InChI is InChI=1S/C20H17N3O3S/c1-11-5-3-4-6-14(11)19(25)23-20-22-16(10-27-20)13-7-8-17-15(9-13)21-18(24)12(2)26-17/h3-10,12H,1-2H3,(H,21,24)(H,22,23,25). The zero-order valence-corrected chi connectivity index (χ0v) is 15.6. The van der Waals surface area contributed by atoms with Crippen molar-refractivity contribution in [2.24, 2.45) is 0 Å². The Kier molecular flexibility index (Phi) is 4.37. The Morgan fingerprint density at radius 2 is 2.07 bits per heavy atom. The molecule has 2 aromatic carbocycles. The molecular weight excluding hydrogens is 362 g/mol. The van der Waals surface area contributed by atoms with E-state index in [2.05, 4.69) is 15.6 Å². The molecule has 2 amide bonds. The predicted octanol–water partition coefficient (Wildman–Crippen LogP) is 4.09. The van der Waals surface area contributed by atoms with Crippen LogP contribution in [-0.4, -0.2) is 22.9 Å². The molecule has 1 aliphatic heterocycles. The van der Waals surface area contributed by atoms with Crippen molar-refractivity contribution in [3.63, 3.8) is 0 Å². The van der Waals surface area contributed by atoms with Crippen LogP contribution in [0.25, 0.3) is 11.3 Å². The molecule has 27 heavy (non-hydrogen) atoms. The Labute approximate surface area is 160 Å². The number of nitrogens with one attached hydrogen (secondary N) is 2. The average molecular weight is 379 g/mol. The summed E-state index contributed by atoms with van der Waals surface area (Å²) in [5.74, 6) is 0.271. The highest BCUT2D eigenvalue weighted by molar-refractivity contribution is 7.14. The molecule has 1 unspecified atom stereocenters. The van der Waals surface area contributed by atoms with Crippen molar-refractivity contribution in [1.29, 1.82) is 0 Å². The Balaban J connectivity index is 1.55. The van der Waals surface area contributed by atoms with E-state index in [1.807, 2.05) is 48.7 Å². The largest absolute Gasteiger partial charge is 0.479 e. The van der Waals surface area contributed by atoms with Crippen molar-refractivity contribution in [2.45, 2.75) is 20.0 Å². The summed E-state index contributed by atoms with van der Waals surface area (Å²) in [4.78, 5) is 28.7. The van der Waals surface area contributed by atoms with Gasteiger partial charge in [0.15, 0.2) is 11.2 Å². The maximum Gasteiger partial charge on any atom is 0.265 e. The summed E-state index contributed by atoms with van der Waals surface area (Å²) in [7, 11) is 0. The van der Waals surface area contributed by atoms with Crippen molar-refractivity contribution in [3.05, 3.63) is 59.0 Å². The number of hydrogen-bond donors (Lipinski definition) is 2. The normalized spacial score (nSPS) is 15.5. The second-order valence-electron chi connectivity index (χ2n) is 6.27. The van der Waals surface area contributed by atoms with Crippen LogP contribution in [-0.2, 0) is 4.79 Å². The number of carbonyl (C=O) groups is 2. The van der Waals surface area contributed by atoms with Crippen molar-refractivity contribution in [1.82, 2.24) is 4.98 Å². The first-order chi connectivity index (χ1) is 13.0. The van der Waals surface area contributed by atoms with Crippen LogP contribution in [0.15, 0.2) is 47.8 Å². The van der Waals surface area contributed by atoms with E-state index in [1.165, 1.54) is 11.3 Å². The monoisotopic (exact) mass is 379 g/mol. The third-order valence-electron chi connectivity index (χ3n) is 4.32. The lowest BCUT2D eigenvalue weighted by atomic mass is 10.1. The maximum atomic E-state index is 12.4. The molecule has 2 heterocycles. The van der Waals surface area contributed by atoms with Gasteiger partial charge < -0.3 is 10.1 Å². The molecule has 0 radical (unpaired) electrons. The first kappa shape index (κ1) is 17.2. The molecule has 0 aliphatic carbocycles. The third-order valence-corrected chi connectivity index (χ3v) is 5.08. The Morgan fingerprint density at radius 3 is 2.89 bits per heavy atom. The lowest BCUT2D eigenvalue weighted by Gasteiger charge is -2.23. The van der Waals surface area contributed by atoms with Crippen LogP contribution in [0, 0.1) is 6.92 Å². The molecule has 4 rings (SSSR count). The minimum Gasteiger partial charge on any atom is -0.479 e. The number of aryl methyl sites for hydroxylation is 1. The number of fused-ring (bicyclic) bond motifs is 1. The van der Waals surface area contributed by atoms with Gasteiger partial charge in [0.1, 0.15) is 5.75 Å². The number of amides is 2. The maximum absolute atomic E-state index is 12.4. The van der Waals surface area contributed by atoms with Gasteiger partial charge in [-0.25, -0.2) is 4.98 Å². The van der Waals surface area contributed by atoms with Crippen molar-refractivity contribution < 1.29 is 14.3 Å². The number of thiazole rings is 1. The van der Waals surface area contributed by atoms with Crippen LogP contribution in [0.5, 0.6) is 5.75 Å². The van der Waals surface area contributed by atoms with Crippen LogP contribution in [0.4, 0.5) is 10.8 Å². The van der Waals surface area contributed by atoms with E-state index in [9.17, 15) is 9.59 Å². The Hall–Kier alpha value is -3.19.